The fourth-order valence-corrected chi connectivity index (χ4v) is 3.26. The Hall–Kier alpha value is -2.05. The molecule has 108 valence electrons. The van der Waals surface area contributed by atoms with Gasteiger partial charge in [-0.05, 0) is 30.3 Å². The lowest BCUT2D eigenvalue weighted by Gasteiger charge is -2.14. The first-order chi connectivity index (χ1) is 10.0. The van der Waals surface area contributed by atoms with E-state index in [1.54, 1.807) is 24.1 Å². The van der Waals surface area contributed by atoms with Crippen molar-refractivity contribution >= 4 is 45.4 Å². The summed E-state index contributed by atoms with van der Waals surface area (Å²) in [6, 6.07) is 9.07. The molecular formula is C14H13ClN4OS. The normalized spacial score (nSPS) is 11.0. The van der Waals surface area contributed by atoms with Crippen molar-refractivity contribution in [1.82, 2.24) is 15.1 Å². The van der Waals surface area contributed by atoms with Crippen molar-refractivity contribution in [2.75, 3.05) is 12.8 Å². The van der Waals surface area contributed by atoms with Crippen molar-refractivity contribution in [2.24, 2.45) is 0 Å². The van der Waals surface area contributed by atoms with Crippen LogP contribution in [0.4, 0.5) is 5.69 Å². The van der Waals surface area contributed by atoms with E-state index in [2.05, 4.69) is 10.2 Å². The van der Waals surface area contributed by atoms with Crippen LogP contribution in [0.25, 0.3) is 10.9 Å². The first-order valence-electron chi connectivity index (χ1n) is 6.28. The summed E-state index contributed by atoms with van der Waals surface area (Å²) in [5, 5.41) is 7.69. The molecule has 0 aliphatic carbocycles. The Morgan fingerprint density at radius 1 is 1.43 bits per heavy atom. The number of rotatable bonds is 3. The minimum absolute atomic E-state index is 0.156. The zero-order valence-electron chi connectivity index (χ0n) is 11.3. The molecular weight excluding hydrogens is 308 g/mol. The standard InChI is InChI=1S/C14H13ClN4OS/c1-19(7-9-3-5-12(15)21-9)14(20)13-10-6-8(16)2-4-11(10)17-18-13/h2-6H,7,16H2,1H3,(H,17,18). The molecule has 0 saturated carbocycles. The van der Waals surface area contributed by atoms with Gasteiger partial charge in [0.2, 0.25) is 0 Å². The summed E-state index contributed by atoms with van der Waals surface area (Å²) in [6.45, 7) is 0.493. The Balaban J connectivity index is 1.87. The van der Waals surface area contributed by atoms with Crippen molar-refractivity contribution in [1.29, 1.82) is 0 Å². The molecule has 5 nitrogen and oxygen atoms in total. The quantitative estimate of drug-likeness (QED) is 0.728. The minimum atomic E-state index is -0.156. The van der Waals surface area contributed by atoms with E-state index in [0.717, 1.165) is 15.8 Å². The van der Waals surface area contributed by atoms with Crippen molar-refractivity contribution in [3.8, 4) is 0 Å². The van der Waals surface area contributed by atoms with Gasteiger partial charge in [-0.25, -0.2) is 0 Å². The van der Waals surface area contributed by atoms with Gasteiger partial charge < -0.3 is 10.6 Å². The zero-order chi connectivity index (χ0) is 15.0. The van der Waals surface area contributed by atoms with Gasteiger partial charge in [0.25, 0.3) is 5.91 Å². The van der Waals surface area contributed by atoms with Crippen molar-refractivity contribution in [3.63, 3.8) is 0 Å². The predicted octanol–water partition coefficient (Wildman–Crippen LogP) is 3.13. The summed E-state index contributed by atoms with van der Waals surface area (Å²) in [6.07, 6.45) is 0. The molecule has 0 aliphatic rings. The summed E-state index contributed by atoms with van der Waals surface area (Å²) in [4.78, 5) is 15.2. The summed E-state index contributed by atoms with van der Waals surface area (Å²) in [7, 11) is 1.74. The van der Waals surface area contributed by atoms with Crippen LogP contribution in [0.3, 0.4) is 0 Å². The Morgan fingerprint density at radius 3 is 2.95 bits per heavy atom. The number of hydrogen-bond acceptors (Lipinski definition) is 4. The van der Waals surface area contributed by atoms with Gasteiger partial charge in [-0.15, -0.1) is 11.3 Å². The number of carbonyl (C=O) groups is 1. The Bertz CT molecular complexity index is 810. The van der Waals surface area contributed by atoms with Crippen LogP contribution in [0.15, 0.2) is 30.3 Å². The van der Waals surface area contributed by atoms with Gasteiger partial charge in [0.05, 0.1) is 16.4 Å². The zero-order valence-corrected chi connectivity index (χ0v) is 12.8. The number of nitrogens with zero attached hydrogens (tertiary/aromatic N) is 2. The lowest BCUT2D eigenvalue weighted by Crippen LogP contribution is -2.26. The number of aromatic amines is 1. The van der Waals surface area contributed by atoms with E-state index >= 15 is 0 Å². The van der Waals surface area contributed by atoms with Crippen molar-refractivity contribution in [2.45, 2.75) is 6.54 Å². The number of thiophene rings is 1. The molecule has 3 aromatic rings. The average molecular weight is 321 g/mol. The van der Waals surface area contributed by atoms with E-state index in [-0.39, 0.29) is 5.91 Å². The summed E-state index contributed by atoms with van der Waals surface area (Å²) in [5.74, 6) is -0.156. The number of nitrogens with one attached hydrogen (secondary N) is 1. The highest BCUT2D eigenvalue weighted by atomic mass is 35.5. The number of aromatic nitrogens is 2. The topological polar surface area (TPSA) is 75.0 Å². The molecule has 1 amide bonds. The highest BCUT2D eigenvalue weighted by Gasteiger charge is 2.19. The third kappa shape index (κ3) is 2.72. The van der Waals surface area contributed by atoms with Gasteiger partial charge in [-0.1, -0.05) is 11.6 Å². The predicted molar refractivity (Wildman–Crippen MR) is 85.6 cm³/mol. The number of H-pyrrole nitrogens is 1. The van der Waals surface area contributed by atoms with Crippen LogP contribution in [0.5, 0.6) is 0 Å². The number of nitrogens with two attached hydrogens (primary N) is 1. The van der Waals surface area contributed by atoms with E-state index in [0.29, 0.717) is 22.3 Å². The second kappa shape index (κ2) is 5.38. The van der Waals surface area contributed by atoms with Crippen molar-refractivity contribution < 1.29 is 4.79 Å². The van der Waals surface area contributed by atoms with E-state index in [1.165, 1.54) is 11.3 Å². The number of nitrogen functional groups attached to an aromatic ring is 1. The van der Waals surface area contributed by atoms with Gasteiger partial charge in [0, 0.05) is 23.0 Å². The molecule has 21 heavy (non-hydrogen) atoms. The Labute approximate surface area is 130 Å². The van der Waals surface area contributed by atoms with Crippen LogP contribution >= 0.6 is 22.9 Å². The molecule has 2 heterocycles. The minimum Gasteiger partial charge on any atom is -0.399 e. The maximum atomic E-state index is 12.5. The summed E-state index contributed by atoms with van der Waals surface area (Å²) < 4.78 is 0.712. The second-order valence-corrected chi connectivity index (χ2v) is 6.54. The highest BCUT2D eigenvalue weighted by molar-refractivity contribution is 7.16. The molecule has 3 rings (SSSR count). The third-order valence-corrected chi connectivity index (χ3v) is 4.37. The van der Waals surface area contributed by atoms with Gasteiger partial charge >= 0.3 is 0 Å². The molecule has 0 fully saturated rings. The van der Waals surface area contributed by atoms with Gasteiger partial charge in [-0.3, -0.25) is 9.89 Å². The Morgan fingerprint density at radius 2 is 2.24 bits per heavy atom. The van der Waals surface area contributed by atoms with Crippen LogP contribution in [0.1, 0.15) is 15.4 Å². The molecule has 0 radical (unpaired) electrons. The summed E-state index contributed by atoms with van der Waals surface area (Å²) in [5.41, 5.74) is 7.55. The SMILES string of the molecule is CN(Cc1ccc(Cl)s1)C(=O)c1n[nH]c2ccc(N)cc12. The van der Waals surface area contributed by atoms with E-state index < -0.39 is 0 Å². The third-order valence-electron chi connectivity index (χ3n) is 3.16. The maximum Gasteiger partial charge on any atom is 0.275 e. The lowest BCUT2D eigenvalue weighted by atomic mass is 10.2. The first-order valence-corrected chi connectivity index (χ1v) is 7.47. The smallest absolute Gasteiger partial charge is 0.275 e. The number of amides is 1. The summed E-state index contributed by atoms with van der Waals surface area (Å²) >= 11 is 7.36. The fourth-order valence-electron chi connectivity index (χ4n) is 2.12. The average Bonchev–Trinajstić information content (AvgIpc) is 3.04. The van der Waals surface area contributed by atoms with Crippen LogP contribution in [-0.4, -0.2) is 28.1 Å². The number of benzene rings is 1. The molecule has 0 aliphatic heterocycles. The van der Waals surface area contributed by atoms with Crippen LogP contribution < -0.4 is 5.73 Å². The largest absolute Gasteiger partial charge is 0.399 e. The van der Waals surface area contributed by atoms with Gasteiger partial charge in [0.1, 0.15) is 0 Å². The number of carbonyl (C=O) groups excluding carboxylic acids is 1. The van der Waals surface area contributed by atoms with Crippen LogP contribution in [0, 0.1) is 0 Å². The maximum absolute atomic E-state index is 12.5. The molecule has 2 aromatic heterocycles. The number of anilines is 1. The molecule has 1 aromatic carbocycles. The molecule has 0 unspecified atom stereocenters. The van der Waals surface area contributed by atoms with Gasteiger partial charge in [-0.2, -0.15) is 5.10 Å². The van der Waals surface area contributed by atoms with E-state index in [4.69, 9.17) is 17.3 Å². The first kappa shape index (κ1) is 13.9. The Kier molecular flexibility index (Phi) is 3.57. The molecule has 0 bridgehead atoms. The molecule has 7 heteroatoms. The van der Waals surface area contributed by atoms with E-state index in [1.807, 2.05) is 18.2 Å². The van der Waals surface area contributed by atoms with E-state index in [9.17, 15) is 4.79 Å². The highest BCUT2D eigenvalue weighted by Crippen LogP contribution is 2.24. The molecule has 0 saturated heterocycles. The molecule has 0 spiro atoms. The fraction of sp³-hybridized carbons (Fsp3) is 0.143. The number of fused-ring (bicyclic) bond motifs is 1. The van der Waals surface area contributed by atoms with Crippen LogP contribution in [0.2, 0.25) is 4.34 Å². The van der Waals surface area contributed by atoms with Gasteiger partial charge in [0.15, 0.2) is 5.69 Å². The van der Waals surface area contributed by atoms with Crippen molar-refractivity contribution in [3.05, 3.63) is 45.2 Å². The monoisotopic (exact) mass is 320 g/mol. The van der Waals surface area contributed by atoms with Crippen LogP contribution in [-0.2, 0) is 6.54 Å². The molecule has 0 atom stereocenters. The second-order valence-electron chi connectivity index (χ2n) is 4.74. The number of halogens is 1. The number of hydrogen-bond donors (Lipinski definition) is 2. The lowest BCUT2D eigenvalue weighted by molar-refractivity contribution is 0.0782. The molecule has 3 N–H and O–H groups in total.